The molecule has 0 spiro atoms. The zero-order chi connectivity index (χ0) is 22.3. The molecule has 0 saturated heterocycles. The largest absolute Gasteiger partial charge is 0.272 e. The third kappa shape index (κ3) is 5.12. The molecule has 0 unspecified atom stereocenters. The number of aromatic nitrogens is 3. The molecule has 0 bridgehead atoms. The Kier molecular flexibility index (Phi) is 6.77. The van der Waals surface area contributed by atoms with Gasteiger partial charge in [0.1, 0.15) is 0 Å². The van der Waals surface area contributed by atoms with Crippen LogP contribution in [0.1, 0.15) is 16.7 Å². The summed E-state index contributed by atoms with van der Waals surface area (Å²) in [6.07, 6.45) is 1.65. The van der Waals surface area contributed by atoms with Crippen LogP contribution in [0.2, 0.25) is 0 Å². The van der Waals surface area contributed by atoms with Gasteiger partial charge in [0.15, 0.2) is 11.0 Å². The van der Waals surface area contributed by atoms with E-state index < -0.39 is 0 Å². The Labute approximate surface area is 191 Å². The summed E-state index contributed by atoms with van der Waals surface area (Å²) in [6.45, 7) is 4.05. The van der Waals surface area contributed by atoms with Crippen molar-refractivity contribution in [1.82, 2.24) is 20.2 Å². The average molecular weight is 442 g/mol. The van der Waals surface area contributed by atoms with Gasteiger partial charge in [0.25, 0.3) is 5.91 Å². The van der Waals surface area contributed by atoms with Crippen LogP contribution in [0.25, 0.3) is 17.1 Å². The topological polar surface area (TPSA) is 72.2 Å². The predicted molar refractivity (Wildman–Crippen MR) is 129 cm³/mol. The number of amides is 1. The van der Waals surface area contributed by atoms with Gasteiger partial charge in [0.2, 0.25) is 0 Å². The van der Waals surface area contributed by atoms with E-state index in [1.54, 1.807) is 6.21 Å². The molecule has 0 atom stereocenters. The zero-order valence-corrected chi connectivity index (χ0v) is 18.7. The minimum atomic E-state index is -0.209. The number of para-hydroxylation sites is 1. The van der Waals surface area contributed by atoms with Crippen LogP contribution < -0.4 is 5.43 Å². The molecule has 7 heteroatoms. The summed E-state index contributed by atoms with van der Waals surface area (Å²) in [5.74, 6) is 0.695. The Balaban J connectivity index is 1.50. The molecule has 1 heterocycles. The van der Waals surface area contributed by atoms with E-state index in [1.165, 1.54) is 17.3 Å². The fourth-order valence-corrected chi connectivity index (χ4v) is 3.87. The van der Waals surface area contributed by atoms with Gasteiger partial charge in [-0.1, -0.05) is 84.1 Å². The molecular weight excluding hydrogens is 418 g/mol. The number of hydrogen-bond acceptors (Lipinski definition) is 5. The summed E-state index contributed by atoms with van der Waals surface area (Å²) in [5.41, 5.74) is 7.73. The van der Waals surface area contributed by atoms with Crippen LogP contribution in [-0.2, 0) is 4.79 Å². The van der Waals surface area contributed by atoms with E-state index in [-0.39, 0.29) is 11.7 Å². The molecule has 0 saturated carbocycles. The Hall–Kier alpha value is -3.71. The van der Waals surface area contributed by atoms with Gasteiger partial charge in [-0.15, -0.1) is 10.2 Å². The summed E-state index contributed by atoms with van der Waals surface area (Å²) in [5, 5.41) is 13.5. The van der Waals surface area contributed by atoms with Gasteiger partial charge in [-0.25, -0.2) is 5.43 Å². The first-order chi connectivity index (χ1) is 15.6. The number of rotatable bonds is 7. The molecule has 0 aliphatic heterocycles. The Morgan fingerprint density at radius 2 is 1.69 bits per heavy atom. The van der Waals surface area contributed by atoms with Crippen LogP contribution in [0.4, 0.5) is 0 Å². The Morgan fingerprint density at radius 1 is 0.969 bits per heavy atom. The Bertz CT molecular complexity index is 1230. The number of carbonyl (C=O) groups is 1. The van der Waals surface area contributed by atoms with Crippen LogP contribution in [0.3, 0.4) is 0 Å². The zero-order valence-electron chi connectivity index (χ0n) is 17.9. The predicted octanol–water partition coefficient (Wildman–Crippen LogP) is 4.79. The summed E-state index contributed by atoms with van der Waals surface area (Å²) in [6, 6.07) is 25.9. The minimum Gasteiger partial charge on any atom is -0.272 e. The fourth-order valence-electron chi connectivity index (χ4n) is 3.13. The van der Waals surface area contributed by atoms with Crippen LogP contribution in [0.5, 0.6) is 0 Å². The van der Waals surface area contributed by atoms with E-state index in [0.29, 0.717) is 5.16 Å². The quantitative estimate of drug-likeness (QED) is 0.254. The number of nitrogens with one attached hydrogen (secondary N) is 1. The lowest BCUT2D eigenvalue weighted by molar-refractivity contribution is -0.118. The van der Waals surface area contributed by atoms with Gasteiger partial charge < -0.3 is 0 Å². The first-order valence-corrected chi connectivity index (χ1v) is 11.2. The first kappa shape index (κ1) is 21.5. The van der Waals surface area contributed by atoms with Crippen molar-refractivity contribution in [1.29, 1.82) is 0 Å². The summed E-state index contributed by atoms with van der Waals surface area (Å²) in [4.78, 5) is 12.4. The third-order valence-corrected chi connectivity index (χ3v) is 5.80. The fraction of sp³-hybridized carbons (Fsp3) is 0.120. The molecule has 0 fully saturated rings. The average Bonchev–Trinajstić information content (AvgIpc) is 3.24. The van der Waals surface area contributed by atoms with Gasteiger partial charge in [0, 0.05) is 11.3 Å². The maximum Gasteiger partial charge on any atom is 0.250 e. The van der Waals surface area contributed by atoms with Crippen LogP contribution in [-0.4, -0.2) is 32.6 Å². The molecular formula is C25H23N5OS. The van der Waals surface area contributed by atoms with Crippen LogP contribution in [0.15, 0.2) is 89.1 Å². The van der Waals surface area contributed by atoms with Gasteiger partial charge in [0.05, 0.1) is 12.0 Å². The molecule has 0 radical (unpaired) electrons. The van der Waals surface area contributed by atoms with Crippen LogP contribution in [0, 0.1) is 13.8 Å². The second-order valence-corrected chi connectivity index (χ2v) is 8.22. The highest BCUT2D eigenvalue weighted by atomic mass is 32.2. The molecule has 1 aromatic heterocycles. The standard InChI is InChI=1S/C25H23N5OS/c1-18-12-14-20(15-13-18)24-28-29-25(30(24)22-10-4-3-5-11-22)32-17-23(31)27-26-16-21-9-7-6-8-19(21)2/h3-16H,17H2,1-2H3,(H,27,31)/b26-16+. The third-order valence-electron chi connectivity index (χ3n) is 4.87. The lowest BCUT2D eigenvalue weighted by Gasteiger charge is -2.10. The molecule has 32 heavy (non-hydrogen) atoms. The van der Waals surface area contributed by atoms with Crippen molar-refractivity contribution in [3.05, 3.63) is 95.6 Å². The summed E-state index contributed by atoms with van der Waals surface area (Å²) < 4.78 is 1.97. The second kappa shape index (κ2) is 10.1. The van der Waals surface area contributed by atoms with Crippen molar-refractivity contribution < 1.29 is 4.79 Å². The number of carbonyl (C=O) groups excluding carboxylic acids is 1. The van der Waals surface area contributed by atoms with Crippen molar-refractivity contribution in [3.63, 3.8) is 0 Å². The smallest absolute Gasteiger partial charge is 0.250 e. The number of aryl methyl sites for hydroxylation is 2. The first-order valence-electron chi connectivity index (χ1n) is 10.2. The molecule has 1 N–H and O–H groups in total. The molecule has 6 nitrogen and oxygen atoms in total. The van der Waals surface area contributed by atoms with E-state index in [9.17, 15) is 4.79 Å². The molecule has 3 aromatic carbocycles. The molecule has 4 rings (SSSR count). The van der Waals surface area contributed by atoms with Crippen molar-refractivity contribution >= 4 is 23.9 Å². The highest BCUT2D eigenvalue weighted by molar-refractivity contribution is 7.99. The van der Waals surface area contributed by atoms with Crippen molar-refractivity contribution in [2.75, 3.05) is 5.75 Å². The molecule has 1 amide bonds. The van der Waals surface area contributed by atoms with Gasteiger partial charge in [-0.05, 0) is 37.1 Å². The van der Waals surface area contributed by atoms with E-state index in [2.05, 4.69) is 20.7 Å². The number of hydrazone groups is 1. The highest BCUT2D eigenvalue weighted by Crippen LogP contribution is 2.28. The van der Waals surface area contributed by atoms with Crippen molar-refractivity contribution in [3.8, 4) is 17.1 Å². The SMILES string of the molecule is Cc1ccc(-c2nnc(SCC(=O)N/N=C/c3ccccc3C)n2-c2ccccc2)cc1. The molecule has 0 aliphatic carbocycles. The van der Waals surface area contributed by atoms with E-state index in [0.717, 1.165) is 28.2 Å². The van der Waals surface area contributed by atoms with E-state index >= 15 is 0 Å². The lowest BCUT2D eigenvalue weighted by Crippen LogP contribution is -2.20. The monoisotopic (exact) mass is 441 g/mol. The van der Waals surface area contributed by atoms with Crippen molar-refractivity contribution in [2.24, 2.45) is 5.10 Å². The van der Waals surface area contributed by atoms with Gasteiger partial charge in [-0.2, -0.15) is 5.10 Å². The summed E-state index contributed by atoms with van der Waals surface area (Å²) >= 11 is 1.32. The molecule has 4 aromatic rings. The number of benzene rings is 3. The maximum absolute atomic E-state index is 12.4. The van der Waals surface area contributed by atoms with Gasteiger partial charge >= 0.3 is 0 Å². The van der Waals surface area contributed by atoms with Crippen LogP contribution >= 0.6 is 11.8 Å². The van der Waals surface area contributed by atoms with E-state index in [1.807, 2.05) is 97.3 Å². The molecule has 0 aliphatic rings. The Morgan fingerprint density at radius 3 is 2.44 bits per heavy atom. The maximum atomic E-state index is 12.4. The highest BCUT2D eigenvalue weighted by Gasteiger charge is 2.17. The minimum absolute atomic E-state index is 0.171. The number of thioether (sulfide) groups is 1. The normalized spacial score (nSPS) is 11.1. The van der Waals surface area contributed by atoms with Gasteiger partial charge in [-0.3, -0.25) is 9.36 Å². The second-order valence-electron chi connectivity index (χ2n) is 7.28. The lowest BCUT2D eigenvalue weighted by atomic mass is 10.1. The summed E-state index contributed by atoms with van der Waals surface area (Å²) in [7, 11) is 0. The van der Waals surface area contributed by atoms with Crippen molar-refractivity contribution in [2.45, 2.75) is 19.0 Å². The molecule has 160 valence electrons. The number of nitrogens with zero attached hydrogens (tertiary/aromatic N) is 4. The number of hydrogen-bond donors (Lipinski definition) is 1. The van der Waals surface area contributed by atoms with E-state index in [4.69, 9.17) is 0 Å².